The summed E-state index contributed by atoms with van der Waals surface area (Å²) in [6.45, 7) is 1.18. The van der Waals surface area contributed by atoms with Crippen molar-refractivity contribution in [2.75, 3.05) is 38.2 Å². The van der Waals surface area contributed by atoms with Crippen LogP contribution in [0.15, 0.2) is 47.3 Å². The predicted octanol–water partition coefficient (Wildman–Crippen LogP) is 2.88. The number of anilines is 1. The number of methoxy groups -OCH3 is 1. The minimum absolute atomic E-state index is 0.0143. The molecule has 1 aliphatic rings. The average molecular weight is 443 g/mol. The van der Waals surface area contributed by atoms with Crippen LogP contribution in [0.1, 0.15) is 10.6 Å². The number of halogens is 1. The summed E-state index contributed by atoms with van der Waals surface area (Å²) in [5, 5.41) is 11.9. The van der Waals surface area contributed by atoms with Crippen LogP contribution in [-0.4, -0.2) is 59.0 Å². The first-order valence-electron chi connectivity index (χ1n) is 9.57. The lowest BCUT2D eigenvalue weighted by Crippen LogP contribution is -2.49. The van der Waals surface area contributed by atoms with Crippen molar-refractivity contribution in [3.8, 4) is 17.4 Å². The first-order chi connectivity index (χ1) is 15.5. The number of ether oxygens (including phenoxy) is 2. The quantitative estimate of drug-likeness (QED) is 0.418. The van der Waals surface area contributed by atoms with Crippen molar-refractivity contribution < 1.29 is 28.0 Å². The minimum atomic E-state index is -0.760. The van der Waals surface area contributed by atoms with E-state index in [9.17, 15) is 19.3 Å². The lowest BCUT2D eigenvalue weighted by atomic mass is 10.2. The Morgan fingerprint density at radius 2 is 1.97 bits per heavy atom. The number of nitro groups is 1. The summed E-state index contributed by atoms with van der Waals surface area (Å²) in [4.78, 5) is 34.8. The highest BCUT2D eigenvalue weighted by Gasteiger charge is 2.32. The van der Waals surface area contributed by atoms with Crippen LogP contribution in [0, 0.1) is 15.9 Å². The molecule has 1 aromatic carbocycles. The minimum Gasteiger partial charge on any atom is -0.493 e. The normalized spacial score (nSPS) is 13.7. The first-order valence-corrected chi connectivity index (χ1v) is 9.57. The van der Waals surface area contributed by atoms with Crippen molar-refractivity contribution in [3.63, 3.8) is 0 Å². The zero-order chi connectivity index (χ0) is 22.7. The molecular weight excluding hydrogens is 425 g/mol. The molecule has 1 fully saturated rings. The molecule has 12 heteroatoms. The Morgan fingerprint density at radius 1 is 1.19 bits per heavy atom. The molecule has 0 aliphatic carbocycles. The number of para-hydroxylation sites is 1. The van der Waals surface area contributed by atoms with Crippen LogP contribution in [0.25, 0.3) is 0 Å². The van der Waals surface area contributed by atoms with Gasteiger partial charge in [0.05, 0.1) is 18.3 Å². The van der Waals surface area contributed by atoms with E-state index in [0.29, 0.717) is 13.1 Å². The largest absolute Gasteiger partial charge is 0.493 e. The standard InChI is InChI=1S/C20H18FN5O6/c1-30-14-5-2-4-13(21)17(14)32-19-16(26(28)29)18(22-12-23-19)24-7-9-25(10-8-24)20(27)15-6-3-11-31-15/h2-6,11-12H,7-10H2,1H3. The van der Waals surface area contributed by atoms with E-state index < -0.39 is 22.3 Å². The van der Waals surface area contributed by atoms with Crippen molar-refractivity contribution in [1.29, 1.82) is 0 Å². The molecule has 32 heavy (non-hydrogen) atoms. The molecule has 0 unspecified atom stereocenters. The van der Waals surface area contributed by atoms with Crippen LogP contribution >= 0.6 is 0 Å². The summed E-state index contributed by atoms with van der Waals surface area (Å²) in [7, 11) is 1.32. The van der Waals surface area contributed by atoms with Gasteiger partial charge in [-0.3, -0.25) is 14.9 Å². The number of benzene rings is 1. The Hall–Kier alpha value is -4.22. The molecule has 1 aliphatic heterocycles. The zero-order valence-electron chi connectivity index (χ0n) is 16.9. The molecule has 166 valence electrons. The highest BCUT2D eigenvalue weighted by Crippen LogP contribution is 2.40. The molecule has 4 rings (SSSR count). The highest BCUT2D eigenvalue weighted by molar-refractivity contribution is 5.91. The van der Waals surface area contributed by atoms with E-state index in [0.717, 1.165) is 12.4 Å². The van der Waals surface area contributed by atoms with E-state index in [4.69, 9.17) is 13.9 Å². The van der Waals surface area contributed by atoms with Crippen LogP contribution < -0.4 is 14.4 Å². The Bertz CT molecular complexity index is 1130. The van der Waals surface area contributed by atoms with Gasteiger partial charge in [-0.05, 0) is 24.3 Å². The van der Waals surface area contributed by atoms with Crippen molar-refractivity contribution in [1.82, 2.24) is 14.9 Å². The second-order valence-electron chi connectivity index (χ2n) is 6.74. The van der Waals surface area contributed by atoms with Crippen molar-refractivity contribution >= 4 is 17.4 Å². The molecular formula is C20H18FN5O6. The number of carbonyl (C=O) groups excluding carboxylic acids is 1. The van der Waals surface area contributed by atoms with E-state index in [1.54, 1.807) is 21.9 Å². The number of carbonyl (C=O) groups is 1. The Morgan fingerprint density at radius 3 is 2.62 bits per heavy atom. The number of furan rings is 1. The third-order valence-electron chi connectivity index (χ3n) is 4.90. The fraction of sp³-hybridized carbons (Fsp3) is 0.250. The summed E-state index contributed by atoms with van der Waals surface area (Å²) in [5.41, 5.74) is -0.511. The van der Waals surface area contributed by atoms with Crippen LogP contribution in [0.4, 0.5) is 15.9 Å². The van der Waals surface area contributed by atoms with E-state index in [2.05, 4.69) is 9.97 Å². The molecule has 0 spiro atoms. The second kappa shape index (κ2) is 8.88. The van der Waals surface area contributed by atoms with Gasteiger partial charge in [0.2, 0.25) is 11.6 Å². The number of rotatable bonds is 6. The number of aromatic nitrogens is 2. The fourth-order valence-corrected chi connectivity index (χ4v) is 3.34. The van der Waals surface area contributed by atoms with E-state index in [1.165, 1.54) is 25.5 Å². The van der Waals surface area contributed by atoms with Gasteiger partial charge in [-0.1, -0.05) is 6.07 Å². The van der Waals surface area contributed by atoms with Gasteiger partial charge in [0, 0.05) is 26.2 Å². The number of amides is 1. The Kier molecular flexibility index (Phi) is 5.83. The Balaban J connectivity index is 1.58. The van der Waals surface area contributed by atoms with Gasteiger partial charge in [-0.25, -0.2) is 9.37 Å². The number of hydrogen-bond acceptors (Lipinski definition) is 9. The average Bonchev–Trinajstić information content (AvgIpc) is 3.34. The second-order valence-corrected chi connectivity index (χ2v) is 6.74. The van der Waals surface area contributed by atoms with Gasteiger partial charge < -0.3 is 23.7 Å². The predicted molar refractivity (Wildman–Crippen MR) is 109 cm³/mol. The van der Waals surface area contributed by atoms with E-state index >= 15 is 0 Å². The van der Waals surface area contributed by atoms with Crippen LogP contribution in [0.2, 0.25) is 0 Å². The maximum absolute atomic E-state index is 14.3. The van der Waals surface area contributed by atoms with Crippen molar-refractivity contribution in [2.45, 2.75) is 0 Å². The van der Waals surface area contributed by atoms with Gasteiger partial charge in [0.15, 0.2) is 17.3 Å². The fourth-order valence-electron chi connectivity index (χ4n) is 3.34. The summed E-state index contributed by atoms with van der Waals surface area (Å²) in [6.07, 6.45) is 2.52. The van der Waals surface area contributed by atoms with Gasteiger partial charge in [-0.2, -0.15) is 4.98 Å². The highest BCUT2D eigenvalue weighted by atomic mass is 19.1. The first kappa shape index (κ1) is 21.0. The number of piperazine rings is 1. The van der Waals surface area contributed by atoms with Crippen LogP contribution in [-0.2, 0) is 0 Å². The topological polar surface area (TPSA) is 124 Å². The molecule has 3 heterocycles. The van der Waals surface area contributed by atoms with Crippen LogP contribution in [0.5, 0.6) is 17.4 Å². The molecule has 0 atom stereocenters. The molecule has 0 saturated carbocycles. The lowest BCUT2D eigenvalue weighted by Gasteiger charge is -2.34. The van der Waals surface area contributed by atoms with Crippen LogP contribution in [0.3, 0.4) is 0 Å². The molecule has 0 radical (unpaired) electrons. The third kappa shape index (κ3) is 4.02. The molecule has 1 amide bonds. The molecule has 1 saturated heterocycles. The lowest BCUT2D eigenvalue weighted by molar-refractivity contribution is -0.385. The molecule has 0 N–H and O–H groups in total. The summed E-state index contributed by atoms with van der Waals surface area (Å²) < 4.78 is 30.0. The maximum Gasteiger partial charge on any atom is 0.373 e. The summed E-state index contributed by atoms with van der Waals surface area (Å²) in [6, 6.07) is 7.22. The van der Waals surface area contributed by atoms with Crippen molar-refractivity contribution in [3.05, 3.63) is 64.6 Å². The van der Waals surface area contributed by atoms with Gasteiger partial charge in [0.1, 0.15) is 6.33 Å². The smallest absolute Gasteiger partial charge is 0.373 e. The number of nitrogens with zero attached hydrogens (tertiary/aromatic N) is 5. The SMILES string of the molecule is COc1cccc(F)c1Oc1ncnc(N2CCN(C(=O)c3ccco3)CC2)c1[N+](=O)[O-]. The van der Waals surface area contributed by atoms with Gasteiger partial charge in [0.25, 0.3) is 5.91 Å². The zero-order valence-corrected chi connectivity index (χ0v) is 16.9. The third-order valence-corrected chi connectivity index (χ3v) is 4.90. The monoisotopic (exact) mass is 443 g/mol. The van der Waals surface area contributed by atoms with Gasteiger partial charge >= 0.3 is 11.6 Å². The molecule has 0 bridgehead atoms. The number of hydrogen-bond donors (Lipinski definition) is 0. The maximum atomic E-state index is 14.3. The molecule has 2 aromatic heterocycles. The molecule has 11 nitrogen and oxygen atoms in total. The van der Waals surface area contributed by atoms with Gasteiger partial charge in [-0.15, -0.1) is 0 Å². The molecule has 3 aromatic rings. The Labute approximate surface area is 181 Å². The van der Waals surface area contributed by atoms with Crippen molar-refractivity contribution in [2.24, 2.45) is 0 Å². The summed E-state index contributed by atoms with van der Waals surface area (Å²) >= 11 is 0. The van der Waals surface area contributed by atoms with E-state index in [-0.39, 0.29) is 42.1 Å². The summed E-state index contributed by atoms with van der Waals surface area (Å²) in [5.74, 6) is -1.47. The van der Waals surface area contributed by atoms with E-state index in [1.807, 2.05) is 0 Å².